The van der Waals surface area contributed by atoms with Gasteiger partial charge in [0.2, 0.25) is 0 Å². The monoisotopic (exact) mass is 496 g/mol. The van der Waals surface area contributed by atoms with Crippen molar-refractivity contribution in [2.75, 3.05) is 13.2 Å². The maximum atomic E-state index is 12.3. The molecular formula is C31H60O4. The van der Waals surface area contributed by atoms with Crippen LogP contribution in [-0.4, -0.2) is 25.2 Å². The topological polar surface area (TPSA) is 52.6 Å². The Labute approximate surface area is 218 Å². The van der Waals surface area contributed by atoms with Crippen LogP contribution in [0.3, 0.4) is 0 Å². The van der Waals surface area contributed by atoms with E-state index in [2.05, 4.69) is 34.6 Å². The zero-order valence-corrected chi connectivity index (χ0v) is 24.2. The van der Waals surface area contributed by atoms with Gasteiger partial charge in [-0.15, -0.1) is 0 Å². The molecule has 0 aliphatic rings. The molecule has 0 aliphatic carbocycles. The fourth-order valence-electron chi connectivity index (χ4n) is 4.42. The summed E-state index contributed by atoms with van der Waals surface area (Å²) in [5, 5.41) is 0. The average Bonchev–Trinajstić information content (AvgIpc) is 2.81. The van der Waals surface area contributed by atoms with Gasteiger partial charge in [0, 0.05) is 6.42 Å². The van der Waals surface area contributed by atoms with Crippen LogP contribution in [0.25, 0.3) is 0 Å². The normalized spacial score (nSPS) is 12.3. The zero-order valence-electron chi connectivity index (χ0n) is 24.2. The lowest BCUT2D eigenvalue weighted by Gasteiger charge is -2.14. The highest BCUT2D eigenvalue weighted by Crippen LogP contribution is 2.18. The van der Waals surface area contributed by atoms with Crippen LogP contribution in [0, 0.1) is 17.8 Å². The van der Waals surface area contributed by atoms with Crippen molar-refractivity contribution >= 4 is 11.9 Å². The van der Waals surface area contributed by atoms with Gasteiger partial charge in [-0.3, -0.25) is 9.59 Å². The molecule has 1 unspecified atom stereocenters. The van der Waals surface area contributed by atoms with E-state index < -0.39 is 0 Å². The standard InChI is InChI=1S/C31H60O4/c1-6-29(31(33)35-26-20-18-22-28(4)5)23-15-13-11-9-7-8-10-12-14-16-24-30(32)34-25-19-17-21-27(2)3/h27-29H,6-26H2,1-5H3. The minimum atomic E-state index is -0.0187. The summed E-state index contributed by atoms with van der Waals surface area (Å²) >= 11 is 0. The molecule has 0 saturated heterocycles. The minimum Gasteiger partial charge on any atom is -0.466 e. The third-order valence-corrected chi connectivity index (χ3v) is 6.87. The molecule has 35 heavy (non-hydrogen) atoms. The van der Waals surface area contributed by atoms with Crippen molar-refractivity contribution in [1.29, 1.82) is 0 Å². The summed E-state index contributed by atoms with van der Waals surface area (Å²) in [4.78, 5) is 24.0. The van der Waals surface area contributed by atoms with Crippen LogP contribution >= 0.6 is 0 Å². The average molecular weight is 497 g/mol. The molecule has 1 atom stereocenters. The first-order chi connectivity index (χ1) is 16.9. The van der Waals surface area contributed by atoms with E-state index in [4.69, 9.17) is 9.47 Å². The largest absolute Gasteiger partial charge is 0.466 e. The molecule has 0 radical (unpaired) electrons. The van der Waals surface area contributed by atoms with Crippen molar-refractivity contribution in [3.63, 3.8) is 0 Å². The molecule has 4 heteroatoms. The Balaban J connectivity index is 3.45. The van der Waals surface area contributed by atoms with E-state index in [-0.39, 0.29) is 17.9 Å². The fourth-order valence-corrected chi connectivity index (χ4v) is 4.42. The highest BCUT2D eigenvalue weighted by Gasteiger charge is 2.17. The summed E-state index contributed by atoms with van der Waals surface area (Å²) in [6.07, 6.45) is 21.2. The first kappa shape index (κ1) is 33.9. The van der Waals surface area contributed by atoms with Gasteiger partial charge in [0.15, 0.2) is 0 Å². The lowest BCUT2D eigenvalue weighted by atomic mass is 9.97. The molecule has 0 aromatic rings. The predicted octanol–water partition coefficient (Wildman–Crippen LogP) is 9.43. The molecule has 0 bridgehead atoms. The number of carbonyl (C=O) groups excluding carboxylic acids is 2. The van der Waals surface area contributed by atoms with Crippen LogP contribution in [-0.2, 0) is 19.1 Å². The lowest BCUT2D eigenvalue weighted by Crippen LogP contribution is -2.17. The Morgan fingerprint density at radius 2 is 0.971 bits per heavy atom. The smallest absolute Gasteiger partial charge is 0.308 e. The Morgan fingerprint density at radius 1 is 0.543 bits per heavy atom. The van der Waals surface area contributed by atoms with E-state index in [1.54, 1.807) is 0 Å². The van der Waals surface area contributed by atoms with Gasteiger partial charge in [-0.2, -0.15) is 0 Å². The van der Waals surface area contributed by atoms with Gasteiger partial charge in [-0.25, -0.2) is 0 Å². The van der Waals surface area contributed by atoms with Crippen molar-refractivity contribution in [2.45, 2.75) is 157 Å². The van der Waals surface area contributed by atoms with Gasteiger partial charge >= 0.3 is 11.9 Å². The Bertz CT molecular complexity index is 486. The highest BCUT2D eigenvalue weighted by molar-refractivity contribution is 5.72. The third kappa shape index (κ3) is 24.4. The highest BCUT2D eigenvalue weighted by atomic mass is 16.5. The SMILES string of the molecule is CCC(CCCCCCCCCCCCC(=O)OCCCCC(C)C)C(=O)OCCCCC(C)C. The predicted molar refractivity (Wildman–Crippen MR) is 148 cm³/mol. The fraction of sp³-hybridized carbons (Fsp3) is 0.935. The minimum absolute atomic E-state index is 0.0187. The number of unbranched alkanes of at least 4 members (excludes halogenated alkanes) is 11. The van der Waals surface area contributed by atoms with Crippen LogP contribution in [0.15, 0.2) is 0 Å². The maximum Gasteiger partial charge on any atom is 0.308 e. The molecule has 0 aromatic carbocycles. The van der Waals surface area contributed by atoms with Crippen LogP contribution in [0.4, 0.5) is 0 Å². The molecule has 0 N–H and O–H groups in total. The van der Waals surface area contributed by atoms with E-state index in [1.165, 1.54) is 57.8 Å². The maximum absolute atomic E-state index is 12.3. The van der Waals surface area contributed by atoms with Crippen LogP contribution in [0.2, 0.25) is 0 Å². The molecule has 0 aliphatic heterocycles. The summed E-state index contributed by atoms with van der Waals surface area (Å²) in [6, 6.07) is 0. The van der Waals surface area contributed by atoms with Crippen molar-refractivity contribution in [2.24, 2.45) is 17.8 Å². The molecule has 0 spiro atoms. The molecular weight excluding hydrogens is 436 g/mol. The summed E-state index contributed by atoms with van der Waals surface area (Å²) in [7, 11) is 0. The molecule has 0 heterocycles. The van der Waals surface area contributed by atoms with Crippen molar-refractivity contribution < 1.29 is 19.1 Å². The molecule has 0 rings (SSSR count). The summed E-state index contributed by atoms with van der Waals surface area (Å²) in [6.45, 7) is 12.2. The number of ether oxygens (including phenoxy) is 2. The van der Waals surface area contributed by atoms with E-state index >= 15 is 0 Å². The molecule has 0 amide bonds. The molecule has 0 saturated carbocycles. The van der Waals surface area contributed by atoms with Crippen LogP contribution in [0.5, 0.6) is 0 Å². The van der Waals surface area contributed by atoms with Crippen molar-refractivity contribution in [1.82, 2.24) is 0 Å². The van der Waals surface area contributed by atoms with E-state index in [0.29, 0.717) is 19.6 Å². The van der Waals surface area contributed by atoms with Gasteiger partial charge in [0.1, 0.15) is 0 Å². The van der Waals surface area contributed by atoms with Crippen molar-refractivity contribution in [3.05, 3.63) is 0 Å². The Hall–Kier alpha value is -1.06. The molecule has 208 valence electrons. The quantitative estimate of drug-likeness (QED) is 0.0932. The number of hydrogen-bond acceptors (Lipinski definition) is 4. The third-order valence-electron chi connectivity index (χ3n) is 6.87. The lowest BCUT2D eigenvalue weighted by molar-refractivity contribution is -0.149. The molecule has 0 aromatic heterocycles. The van der Waals surface area contributed by atoms with E-state index in [0.717, 1.165) is 69.6 Å². The van der Waals surface area contributed by atoms with E-state index in [9.17, 15) is 9.59 Å². The second kappa shape index (κ2) is 24.6. The zero-order chi connectivity index (χ0) is 26.2. The Morgan fingerprint density at radius 3 is 1.46 bits per heavy atom. The summed E-state index contributed by atoms with van der Waals surface area (Å²) in [5.41, 5.74) is 0. The second-order valence-corrected chi connectivity index (χ2v) is 11.3. The molecule has 4 nitrogen and oxygen atoms in total. The van der Waals surface area contributed by atoms with Crippen LogP contribution in [0.1, 0.15) is 157 Å². The summed E-state index contributed by atoms with van der Waals surface area (Å²) < 4.78 is 10.8. The second-order valence-electron chi connectivity index (χ2n) is 11.3. The van der Waals surface area contributed by atoms with Gasteiger partial charge in [0.05, 0.1) is 19.1 Å². The van der Waals surface area contributed by atoms with Crippen LogP contribution < -0.4 is 0 Å². The van der Waals surface area contributed by atoms with Gasteiger partial charge in [0.25, 0.3) is 0 Å². The summed E-state index contributed by atoms with van der Waals surface area (Å²) in [5.74, 6) is 1.55. The van der Waals surface area contributed by atoms with E-state index in [1.807, 2.05) is 0 Å². The van der Waals surface area contributed by atoms with Crippen molar-refractivity contribution in [3.8, 4) is 0 Å². The number of carbonyl (C=O) groups is 2. The Kier molecular flexibility index (Phi) is 23.9. The molecule has 0 fully saturated rings. The number of rotatable bonds is 25. The van der Waals surface area contributed by atoms with Gasteiger partial charge < -0.3 is 9.47 Å². The van der Waals surface area contributed by atoms with Gasteiger partial charge in [-0.05, 0) is 56.8 Å². The first-order valence-electron chi connectivity index (χ1n) is 15.2. The van der Waals surface area contributed by atoms with Gasteiger partial charge in [-0.1, -0.05) is 105 Å². The number of hydrogen-bond donors (Lipinski definition) is 0. The first-order valence-corrected chi connectivity index (χ1v) is 15.2. The number of esters is 2.